The molecule has 2 rings (SSSR count). The van der Waals surface area contributed by atoms with Gasteiger partial charge in [0, 0.05) is 52.9 Å². The van der Waals surface area contributed by atoms with Crippen LogP contribution in [0.2, 0.25) is 0 Å². The van der Waals surface area contributed by atoms with E-state index in [-0.39, 0.29) is 12.5 Å². The van der Waals surface area contributed by atoms with Crippen molar-refractivity contribution in [2.45, 2.75) is 13.3 Å². The van der Waals surface area contributed by atoms with Gasteiger partial charge in [-0.15, -0.1) is 0 Å². The molecule has 2 N–H and O–H groups in total. The van der Waals surface area contributed by atoms with Gasteiger partial charge in [0.15, 0.2) is 5.96 Å². The molecule has 2 saturated heterocycles. The molecule has 144 valence electrons. The lowest BCUT2D eigenvalue weighted by Gasteiger charge is -2.29. The molecule has 0 saturated carbocycles. The highest BCUT2D eigenvalue weighted by Crippen LogP contribution is 2.18. The van der Waals surface area contributed by atoms with Gasteiger partial charge in [-0.25, -0.2) is 4.99 Å². The van der Waals surface area contributed by atoms with E-state index in [1.54, 1.807) is 7.11 Å². The number of nitrogens with one attached hydrogen (secondary N) is 2. The van der Waals surface area contributed by atoms with Gasteiger partial charge in [-0.1, -0.05) is 0 Å². The summed E-state index contributed by atoms with van der Waals surface area (Å²) in [5.41, 5.74) is 0. The van der Waals surface area contributed by atoms with E-state index >= 15 is 0 Å². The van der Waals surface area contributed by atoms with Crippen molar-refractivity contribution in [3.05, 3.63) is 0 Å². The number of morpholine rings is 1. The van der Waals surface area contributed by atoms with Crippen molar-refractivity contribution in [3.8, 4) is 0 Å². The number of hydrogen-bond acceptors (Lipinski definition) is 5. The molecule has 2 heterocycles. The first-order chi connectivity index (χ1) is 12.2. The Morgan fingerprint density at radius 3 is 2.80 bits per heavy atom. The van der Waals surface area contributed by atoms with Crippen LogP contribution in [0.4, 0.5) is 0 Å². The smallest absolute Gasteiger partial charge is 0.241 e. The van der Waals surface area contributed by atoms with Gasteiger partial charge in [0.1, 0.15) is 6.54 Å². The molecular formula is C17H33N5O3. The Labute approximate surface area is 150 Å². The SMILES string of the molecule is CCNC(=NCC(=O)NCCOC)N1CCC(CN2CCOCC2)C1. The maximum absolute atomic E-state index is 11.8. The Bertz CT molecular complexity index is 427. The highest BCUT2D eigenvalue weighted by molar-refractivity contribution is 5.85. The molecule has 8 nitrogen and oxygen atoms in total. The van der Waals surface area contributed by atoms with Crippen molar-refractivity contribution in [1.29, 1.82) is 0 Å². The van der Waals surface area contributed by atoms with Crippen molar-refractivity contribution in [1.82, 2.24) is 20.4 Å². The molecule has 1 unspecified atom stereocenters. The third-order valence-electron chi connectivity index (χ3n) is 4.54. The third kappa shape index (κ3) is 7.17. The minimum absolute atomic E-state index is 0.0727. The Balaban J connectivity index is 1.78. The summed E-state index contributed by atoms with van der Waals surface area (Å²) in [6, 6.07) is 0. The van der Waals surface area contributed by atoms with E-state index < -0.39 is 0 Å². The first-order valence-corrected chi connectivity index (χ1v) is 9.32. The van der Waals surface area contributed by atoms with Gasteiger partial charge in [0.2, 0.25) is 5.91 Å². The number of carbonyl (C=O) groups is 1. The number of methoxy groups -OCH3 is 1. The number of carbonyl (C=O) groups excluding carboxylic acids is 1. The molecule has 1 amide bonds. The van der Waals surface area contributed by atoms with Gasteiger partial charge in [-0.2, -0.15) is 0 Å². The minimum Gasteiger partial charge on any atom is -0.383 e. The zero-order chi connectivity index (χ0) is 17.9. The average molecular weight is 355 g/mol. The van der Waals surface area contributed by atoms with E-state index in [0.29, 0.717) is 19.1 Å². The van der Waals surface area contributed by atoms with Gasteiger partial charge < -0.3 is 25.0 Å². The number of likely N-dealkylation sites (tertiary alicyclic amines) is 1. The van der Waals surface area contributed by atoms with Crippen LogP contribution in [0.1, 0.15) is 13.3 Å². The second-order valence-corrected chi connectivity index (χ2v) is 6.53. The summed E-state index contributed by atoms with van der Waals surface area (Å²) < 4.78 is 10.3. The lowest BCUT2D eigenvalue weighted by atomic mass is 10.1. The largest absolute Gasteiger partial charge is 0.383 e. The topological polar surface area (TPSA) is 78.4 Å². The van der Waals surface area contributed by atoms with Gasteiger partial charge in [0.05, 0.1) is 19.8 Å². The zero-order valence-electron chi connectivity index (χ0n) is 15.6. The van der Waals surface area contributed by atoms with E-state index in [4.69, 9.17) is 9.47 Å². The normalized spacial score (nSPS) is 22.2. The maximum atomic E-state index is 11.8. The first-order valence-electron chi connectivity index (χ1n) is 9.32. The number of rotatable bonds is 8. The number of aliphatic imine (C=N–C) groups is 1. The number of hydrogen-bond donors (Lipinski definition) is 2. The summed E-state index contributed by atoms with van der Waals surface area (Å²) in [5, 5.41) is 6.11. The molecule has 2 fully saturated rings. The van der Waals surface area contributed by atoms with Gasteiger partial charge >= 0.3 is 0 Å². The highest BCUT2D eigenvalue weighted by atomic mass is 16.5. The Morgan fingerprint density at radius 2 is 2.08 bits per heavy atom. The van der Waals surface area contributed by atoms with Crippen LogP contribution < -0.4 is 10.6 Å². The summed E-state index contributed by atoms with van der Waals surface area (Å²) in [5.74, 6) is 1.42. The number of nitrogens with zero attached hydrogens (tertiary/aromatic N) is 3. The van der Waals surface area contributed by atoms with Crippen molar-refractivity contribution in [2.24, 2.45) is 10.9 Å². The van der Waals surface area contributed by atoms with Crippen LogP contribution in [0.3, 0.4) is 0 Å². The Kier molecular flexibility index (Phi) is 8.99. The molecule has 0 bridgehead atoms. The first kappa shape index (κ1) is 19.9. The van der Waals surface area contributed by atoms with Crippen LogP contribution in [0.25, 0.3) is 0 Å². The summed E-state index contributed by atoms with van der Waals surface area (Å²) in [7, 11) is 1.62. The minimum atomic E-state index is -0.0727. The maximum Gasteiger partial charge on any atom is 0.241 e. The molecule has 2 aliphatic heterocycles. The van der Waals surface area contributed by atoms with Gasteiger partial charge in [-0.05, 0) is 19.3 Å². The Hall–Kier alpha value is -1.38. The van der Waals surface area contributed by atoms with Crippen LogP contribution in [-0.4, -0.2) is 101 Å². The van der Waals surface area contributed by atoms with Crippen LogP contribution in [0.5, 0.6) is 0 Å². The predicted molar refractivity (Wildman–Crippen MR) is 97.8 cm³/mol. The van der Waals surface area contributed by atoms with Gasteiger partial charge in [-0.3, -0.25) is 9.69 Å². The predicted octanol–water partition coefficient (Wildman–Crippen LogP) is -0.631. The molecule has 0 aromatic carbocycles. The monoisotopic (exact) mass is 355 g/mol. The molecule has 25 heavy (non-hydrogen) atoms. The summed E-state index contributed by atoms with van der Waals surface area (Å²) >= 11 is 0. The quantitative estimate of drug-likeness (QED) is 0.343. The number of guanidine groups is 1. The van der Waals surface area contributed by atoms with E-state index in [9.17, 15) is 4.79 Å². The second-order valence-electron chi connectivity index (χ2n) is 6.53. The molecule has 8 heteroatoms. The Morgan fingerprint density at radius 1 is 1.28 bits per heavy atom. The lowest BCUT2D eigenvalue weighted by molar-refractivity contribution is -0.119. The number of amides is 1. The van der Waals surface area contributed by atoms with Crippen LogP contribution in [-0.2, 0) is 14.3 Å². The highest BCUT2D eigenvalue weighted by Gasteiger charge is 2.27. The summed E-state index contributed by atoms with van der Waals surface area (Å²) in [6.07, 6.45) is 1.17. The molecular weight excluding hydrogens is 322 g/mol. The fourth-order valence-electron chi connectivity index (χ4n) is 3.24. The molecule has 0 radical (unpaired) electrons. The van der Waals surface area contributed by atoms with Crippen molar-refractivity contribution in [3.63, 3.8) is 0 Å². The van der Waals surface area contributed by atoms with E-state index in [0.717, 1.165) is 58.4 Å². The standard InChI is InChI=1S/C17H33N5O3/c1-3-18-17(20-12-16(23)19-5-9-24-2)22-6-4-15(14-22)13-21-7-10-25-11-8-21/h15H,3-14H2,1-2H3,(H,18,20)(H,19,23). The number of ether oxygens (including phenoxy) is 2. The fourth-order valence-corrected chi connectivity index (χ4v) is 3.24. The van der Waals surface area contributed by atoms with E-state index in [2.05, 4.69) is 32.3 Å². The molecule has 2 aliphatic rings. The van der Waals surface area contributed by atoms with Crippen molar-refractivity contribution < 1.29 is 14.3 Å². The molecule has 0 spiro atoms. The molecule has 0 aromatic heterocycles. The van der Waals surface area contributed by atoms with Crippen LogP contribution in [0.15, 0.2) is 4.99 Å². The average Bonchev–Trinajstić information content (AvgIpc) is 3.08. The molecule has 0 aromatic rings. The van der Waals surface area contributed by atoms with Crippen molar-refractivity contribution in [2.75, 3.05) is 79.3 Å². The summed E-state index contributed by atoms with van der Waals surface area (Å²) in [6.45, 7) is 10.9. The molecule has 1 atom stereocenters. The lowest BCUT2D eigenvalue weighted by Crippen LogP contribution is -2.43. The second kappa shape index (κ2) is 11.3. The molecule has 0 aliphatic carbocycles. The van der Waals surface area contributed by atoms with E-state index in [1.165, 1.54) is 6.42 Å². The summed E-state index contributed by atoms with van der Waals surface area (Å²) in [4.78, 5) is 21.1. The van der Waals surface area contributed by atoms with Crippen molar-refractivity contribution >= 4 is 11.9 Å². The fraction of sp³-hybridized carbons (Fsp3) is 0.882. The van der Waals surface area contributed by atoms with Gasteiger partial charge in [0.25, 0.3) is 0 Å². The zero-order valence-corrected chi connectivity index (χ0v) is 15.6. The third-order valence-corrected chi connectivity index (χ3v) is 4.54. The van der Waals surface area contributed by atoms with Crippen LogP contribution >= 0.6 is 0 Å². The van der Waals surface area contributed by atoms with Crippen LogP contribution in [0, 0.1) is 5.92 Å². The van der Waals surface area contributed by atoms with E-state index in [1.807, 2.05) is 0 Å².